The van der Waals surface area contributed by atoms with Crippen molar-refractivity contribution in [3.05, 3.63) is 90.3 Å². The summed E-state index contributed by atoms with van der Waals surface area (Å²) in [5, 5.41) is 9.58. The fourth-order valence-corrected chi connectivity index (χ4v) is 5.30. The SMILES string of the molecule is Cc1cn(-c2ccc(-c3cccc(S(C)(=O)=O)c3)cc2-c2nc(CCO)oc2-c2ccc(OC(F)(F)F)cc2)c(C)n1. The molecule has 0 spiro atoms. The van der Waals surface area contributed by atoms with Gasteiger partial charge in [0.2, 0.25) is 0 Å². The second-order valence-electron chi connectivity index (χ2n) is 9.66. The average molecular weight is 598 g/mol. The highest BCUT2D eigenvalue weighted by Gasteiger charge is 2.31. The Hall–Kier alpha value is -4.42. The number of nitrogens with zero attached hydrogens (tertiary/aromatic N) is 3. The molecule has 0 saturated carbocycles. The maximum Gasteiger partial charge on any atom is 0.573 e. The Bertz CT molecular complexity index is 1860. The van der Waals surface area contributed by atoms with E-state index < -0.39 is 16.2 Å². The molecule has 0 aliphatic heterocycles. The summed E-state index contributed by atoms with van der Waals surface area (Å²) in [6, 6.07) is 17.3. The minimum atomic E-state index is -4.84. The number of sulfone groups is 1. The van der Waals surface area contributed by atoms with E-state index in [2.05, 4.69) is 14.7 Å². The van der Waals surface area contributed by atoms with Gasteiger partial charge >= 0.3 is 6.36 Å². The van der Waals surface area contributed by atoms with Crippen molar-refractivity contribution in [2.45, 2.75) is 31.5 Å². The molecule has 0 aliphatic carbocycles. The normalized spacial score (nSPS) is 12.1. The van der Waals surface area contributed by atoms with Crippen LogP contribution >= 0.6 is 0 Å². The van der Waals surface area contributed by atoms with E-state index in [0.29, 0.717) is 39.5 Å². The van der Waals surface area contributed by atoms with Crippen LogP contribution in [0, 0.1) is 13.8 Å². The van der Waals surface area contributed by atoms with Crippen molar-refractivity contribution in [3.63, 3.8) is 0 Å². The number of aromatic nitrogens is 3. The van der Waals surface area contributed by atoms with Gasteiger partial charge < -0.3 is 18.8 Å². The highest BCUT2D eigenvalue weighted by molar-refractivity contribution is 7.90. The van der Waals surface area contributed by atoms with Gasteiger partial charge in [-0.3, -0.25) is 0 Å². The van der Waals surface area contributed by atoms with Gasteiger partial charge in [0.25, 0.3) is 0 Å². The largest absolute Gasteiger partial charge is 0.573 e. The summed E-state index contributed by atoms with van der Waals surface area (Å²) in [7, 11) is -3.45. The van der Waals surface area contributed by atoms with Crippen LogP contribution in [0.5, 0.6) is 5.75 Å². The number of rotatable bonds is 8. The highest BCUT2D eigenvalue weighted by atomic mass is 32.2. The number of halogens is 3. The number of aryl methyl sites for hydroxylation is 2. The van der Waals surface area contributed by atoms with Crippen molar-refractivity contribution in [3.8, 4) is 45.1 Å². The molecule has 0 aliphatic rings. The lowest BCUT2D eigenvalue weighted by Crippen LogP contribution is -2.16. The molecule has 12 heteroatoms. The summed E-state index contributed by atoms with van der Waals surface area (Å²) < 4.78 is 74.6. The monoisotopic (exact) mass is 597 g/mol. The molecule has 0 saturated heterocycles. The molecule has 2 heterocycles. The van der Waals surface area contributed by atoms with Crippen LogP contribution in [0.3, 0.4) is 0 Å². The minimum Gasteiger partial charge on any atom is -0.440 e. The predicted molar refractivity (Wildman–Crippen MR) is 150 cm³/mol. The molecule has 5 aromatic rings. The Morgan fingerprint density at radius 2 is 1.64 bits per heavy atom. The number of hydrogen-bond donors (Lipinski definition) is 1. The topological polar surface area (TPSA) is 107 Å². The van der Waals surface area contributed by atoms with E-state index in [1.54, 1.807) is 18.2 Å². The summed E-state index contributed by atoms with van der Waals surface area (Å²) >= 11 is 0. The Morgan fingerprint density at radius 1 is 0.952 bits per heavy atom. The van der Waals surface area contributed by atoms with Crippen molar-refractivity contribution in [1.82, 2.24) is 14.5 Å². The van der Waals surface area contributed by atoms with E-state index >= 15 is 0 Å². The third-order valence-corrected chi connectivity index (χ3v) is 7.57. The van der Waals surface area contributed by atoms with Gasteiger partial charge in [0.1, 0.15) is 17.3 Å². The number of aliphatic hydroxyl groups is 1. The van der Waals surface area contributed by atoms with Gasteiger partial charge in [-0.1, -0.05) is 18.2 Å². The lowest BCUT2D eigenvalue weighted by molar-refractivity contribution is -0.274. The maximum absolute atomic E-state index is 12.7. The van der Waals surface area contributed by atoms with Gasteiger partial charge in [-0.2, -0.15) is 0 Å². The van der Waals surface area contributed by atoms with Gasteiger partial charge in [0, 0.05) is 30.0 Å². The van der Waals surface area contributed by atoms with E-state index in [9.17, 15) is 26.7 Å². The smallest absolute Gasteiger partial charge is 0.440 e. The molecular weight excluding hydrogens is 571 g/mol. The Morgan fingerprint density at radius 3 is 2.26 bits per heavy atom. The van der Waals surface area contributed by atoms with Crippen LogP contribution in [-0.2, 0) is 16.3 Å². The van der Waals surface area contributed by atoms with Crippen LogP contribution in [0.25, 0.3) is 39.4 Å². The first-order chi connectivity index (χ1) is 19.8. The number of ether oxygens (including phenoxy) is 1. The van der Waals surface area contributed by atoms with Crippen LogP contribution in [0.4, 0.5) is 13.2 Å². The lowest BCUT2D eigenvalue weighted by atomic mass is 9.98. The maximum atomic E-state index is 12.7. The van der Waals surface area contributed by atoms with E-state index in [1.165, 1.54) is 30.3 Å². The van der Waals surface area contributed by atoms with Gasteiger partial charge in [-0.15, -0.1) is 13.2 Å². The minimum absolute atomic E-state index is 0.108. The first kappa shape index (κ1) is 29.1. The summed E-state index contributed by atoms with van der Waals surface area (Å²) in [6.45, 7) is 3.48. The molecule has 5 rings (SSSR count). The summed E-state index contributed by atoms with van der Waals surface area (Å²) in [5.74, 6) is 0.817. The lowest BCUT2D eigenvalue weighted by Gasteiger charge is -2.14. The van der Waals surface area contributed by atoms with E-state index in [4.69, 9.17) is 4.42 Å². The molecule has 0 bridgehead atoms. The Kier molecular flexibility index (Phi) is 7.69. The quantitative estimate of drug-likeness (QED) is 0.223. The fraction of sp³-hybridized carbons (Fsp3) is 0.200. The molecule has 0 radical (unpaired) electrons. The Balaban J connectivity index is 1.72. The summed E-state index contributed by atoms with van der Waals surface area (Å²) in [6.07, 6.45) is -1.73. The van der Waals surface area contributed by atoms with E-state index in [1.807, 2.05) is 42.8 Å². The van der Waals surface area contributed by atoms with Gasteiger partial charge in [0.15, 0.2) is 21.5 Å². The number of oxazole rings is 1. The zero-order chi connectivity index (χ0) is 30.2. The van der Waals surface area contributed by atoms with Crippen molar-refractivity contribution in [1.29, 1.82) is 0 Å². The number of aliphatic hydroxyl groups excluding tert-OH is 1. The number of hydrogen-bond acceptors (Lipinski definition) is 7. The average Bonchev–Trinajstić information content (AvgIpc) is 3.49. The van der Waals surface area contributed by atoms with Gasteiger partial charge in [-0.05, 0) is 73.5 Å². The van der Waals surface area contributed by atoms with Crippen LogP contribution in [-0.4, -0.2) is 47.3 Å². The molecule has 0 atom stereocenters. The molecule has 8 nitrogen and oxygen atoms in total. The number of benzene rings is 3. The molecule has 3 aromatic carbocycles. The second kappa shape index (κ2) is 11.1. The highest BCUT2D eigenvalue weighted by Crippen LogP contribution is 2.39. The molecular formula is C30H26F3N3O5S. The van der Waals surface area contributed by atoms with Crippen molar-refractivity contribution < 1.29 is 35.8 Å². The zero-order valence-electron chi connectivity index (χ0n) is 22.8. The first-order valence-corrected chi connectivity index (χ1v) is 14.7. The molecule has 1 N–H and O–H groups in total. The Labute approximate surface area is 240 Å². The van der Waals surface area contributed by atoms with Crippen LogP contribution < -0.4 is 4.74 Å². The third kappa shape index (κ3) is 6.24. The molecule has 0 fully saturated rings. The summed E-state index contributed by atoms with van der Waals surface area (Å²) in [5.41, 5.74) is 4.23. The molecule has 0 unspecified atom stereocenters. The molecule has 2 aromatic heterocycles. The zero-order valence-corrected chi connectivity index (χ0v) is 23.6. The van der Waals surface area contributed by atoms with E-state index in [0.717, 1.165) is 11.9 Å². The third-order valence-electron chi connectivity index (χ3n) is 6.46. The predicted octanol–water partition coefficient (Wildman–Crippen LogP) is 6.32. The van der Waals surface area contributed by atoms with Crippen LogP contribution in [0.1, 0.15) is 17.4 Å². The van der Waals surface area contributed by atoms with Crippen molar-refractivity contribution in [2.24, 2.45) is 0 Å². The number of imidazole rings is 1. The van der Waals surface area contributed by atoms with Crippen LogP contribution in [0.15, 0.2) is 82.2 Å². The van der Waals surface area contributed by atoms with Gasteiger partial charge in [-0.25, -0.2) is 18.4 Å². The first-order valence-electron chi connectivity index (χ1n) is 12.8. The van der Waals surface area contributed by atoms with Crippen LogP contribution in [0.2, 0.25) is 0 Å². The van der Waals surface area contributed by atoms with Gasteiger partial charge in [0.05, 0.1) is 22.9 Å². The fourth-order valence-electron chi connectivity index (χ4n) is 4.64. The summed E-state index contributed by atoms with van der Waals surface area (Å²) in [4.78, 5) is 9.35. The second-order valence-corrected chi connectivity index (χ2v) is 11.7. The van der Waals surface area contributed by atoms with E-state index in [-0.39, 0.29) is 35.3 Å². The number of alkyl halides is 3. The molecule has 42 heavy (non-hydrogen) atoms. The van der Waals surface area contributed by atoms with Crippen molar-refractivity contribution in [2.75, 3.05) is 12.9 Å². The molecule has 0 amide bonds. The molecule has 218 valence electrons. The van der Waals surface area contributed by atoms with Crippen molar-refractivity contribution >= 4 is 9.84 Å². The standard InChI is InChI=1S/C30H26F3N3O5S/c1-18-17-36(19(2)34-18)26-12-9-22(21-5-4-6-24(15-21)42(3,38)39)16-25(26)28-29(40-27(35-28)13-14-37)20-7-10-23(11-8-20)41-30(31,32)33/h4-12,15-17,37H,13-14H2,1-3H3.